The van der Waals surface area contributed by atoms with Crippen molar-refractivity contribution in [3.05, 3.63) is 35.1 Å². The van der Waals surface area contributed by atoms with E-state index in [-0.39, 0.29) is 5.56 Å². The van der Waals surface area contributed by atoms with Gasteiger partial charge in [0.25, 0.3) is 0 Å². The topological polar surface area (TPSA) is 15.3 Å². The average molecular weight is 318 g/mol. The lowest BCUT2D eigenvalue weighted by molar-refractivity contribution is -0.141. The van der Waals surface area contributed by atoms with Crippen LogP contribution in [0.15, 0.2) is 18.2 Å². The second kappa shape index (κ2) is 6.16. The Kier molecular flexibility index (Phi) is 4.82. The van der Waals surface area contributed by atoms with Crippen LogP contribution in [0.4, 0.5) is 17.6 Å². The highest BCUT2D eigenvalue weighted by Crippen LogP contribution is 2.44. The van der Waals surface area contributed by atoms with E-state index in [4.69, 9.17) is 0 Å². The second-order valence-electron chi connectivity index (χ2n) is 6.76. The molecule has 0 amide bonds. The first-order chi connectivity index (χ1) is 10.1. The smallest absolute Gasteiger partial charge is 0.314 e. The molecular formula is C16H22F4N2. The standard InChI is InChI=1S/C16H22F4N2/c1-15(2,3)14(22-9-7-21-8-10-22)11-5-4-6-12(17)13(11)16(18,19)20/h4-6,14,21H,7-10H2,1-3H3/t14-/m1/s1. The van der Waals surface area contributed by atoms with Crippen LogP contribution in [0.2, 0.25) is 0 Å². The molecule has 0 bridgehead atoms. The van der Waals surface area contributed by atoms with E-state index in [1.54, 1.807) is 0 Å². The van der Waals surface area contributed by atoms with Crippen molar-refractivity contribution in [2.24, 2.45) is 5.41 Å². The third-order valence-electron chi connectivity index (χ3n) is 3.96. The van der Waals surface area contributed by atoms with Crippen molar-refractivity contribution in [1.82, 2.24) is 10.2 Å². The van der Waals surface area contributed by atoms with Crippen molar-refractivity contribution in [1.29, 1.82) is 0 Å². The Hall–Kier alpha value is -1.14. The maximum Gasteiger partial charge on any atom is 0.419 e. The molecule has 1 aliphatic heterocycles. The molecule has 0 unspecified atom stereocenters. The van der Waals surface area contributed by atoms with E-state index < -0.39 is 29.0 Å². The fraction of sp³-hybridized carbons (Fsp3) is 0.625. The van der Waals surface area contributed by atoms with Gasteiger partial charge in [-0.3, -0.25) is 4.90 Å². The predicted molar refractivity (Wildman–Crippen MR) is 78.0 cm³/mol. The number of hydrogen-bond donors (Lipinski definition) is 1. The number of benzene rings is 1. The minimum Gasteiger partial charge on any atom is -0.314 e. The minimum absolute atomic E-state index is 0.0295. The molecule has 2 nitrogen and oxygen atoms in total. The monoisotopic (exact) mass is 318 g/mol. The molecule has 1 atom stereocenters. The van der Waals surface area contributed by atoms with Crippen LogP contribution in [0.25, 0.3) is 0 Å². The Morgan fingerprint density at radius 3 is 2.18 bits per heavy atom. The Morgan fingerprint density at radius 2 is 1.68 bits per heavy atom. The molecule has 22 heavy (non-hydrogen) atoms. The van der Waals surface area contributed by atoms with Gasteiger partial charge in [0.2, 0.25) is 0 Å². The van der Waals surface area contributed by atoms with E-state index in [0.29, 0.717) is 13.1 Å². The normalized spacial score (nSPS) is 19.2. The van der Waals surface area contributed by atoms with Crippen LogP contribution in [0.3, 0.4) is 0 Å². The first-order valence-electron chi connectivity index (χ1n) is 7.43. The molecule has 6 heteroatoms. The molecule has 1 aromatic carbocycles. The summed E-state index contributed by atoms with van der Waals surface area (Å²) in [6.07, 6.45) is -4.70. The third kappa shape index (κ3) is 3.60. The molecule has 124 valence electrons. The van der Waals surface area contributed by atoms with Crippen LogP contribution in [-0.4, -0.2) is 31.1 Å². The van der Waals surface area contributed by atoms with Gasteiger partial charge in [-0.25, -0.2) is 4.39 Å². The van der Waals surface area contributed by atoms with Crippen LogP contribution in [0.1, 0.15) is 37.9 Å². The number of nitrogens with one attached hydrogen (secondary N) is 1. The van der Waals surface area contributed by atoms with Crippen molar-refractivity contribution >= 4 is 0 Å². The van der Waals surface area contributed by atoms with Gasteiger partial charge in [-0.2, -0.15) is 13.2 Å². The molecule has 1 saturated heterocycles. The van der Waals surface area contributed by atoms with Gasteiger partial charge in [-0.15, -0.1) is 0 Å². The first kappa shape index (κ1) is 17.2. The van der Waals surface area contributed by atoms with E-state index in [1.165, 1.54) is 12.1 Å². The molecule has 2 rings (SSSR count). The average Bonchev–Trinajstić information content (AvgIpc) is 2.37. The van der Waals surface area contributed by atoms with Gasteiger partial charge in [0.05, 0.1) is 5.56 Å². The zero-order chi connectivity index (χ0) is 16.5. The number of nitrogens with zero attached hydrogens (tertiary/aromatic N) is 1. The summed E-state index contributed by atoms with van der Waals surface area (Å²) in [5.41, 5.74) is -1.54. The molecule has 0 aromatic heterocycles. The largest absolute Gasteiger partial charge is 0.419 e. The Balaban J connectivity index is 2.55. The van der Waals surface area contributed by atoms with Gasteiger partial charge in [0.1, 0.15) is 5.82 Å². The van der Waals surface area contributed by atoms with Crippen molar-refractivity contribution in [2.75, 3.05) is 26.2 Å². The van der Waals surface area contributed by atoms with Crippen LogP contribution in [0, 0.1) is 11.2 Å². The Labute approximate surface area is 128 Å². The number of rotatable bonds is 2. The van der Waals surface area contributed by atoms with E-state index in [0.717, 1.165) is 19.2 Å². The van der Waals surface area contributed by atoms with Gasteiger partial charge in [-0.1, -0.05) is 32.9 Å². The molecule has 1 aliphatic rings. The summed E-state index contributed by atoms with van der Waals surface area (Å²) in [7, 11) is 0. The maximum atomic E-state index is 13.9. The van der Waals surface area contributed by atoms with Crippen LogP contribution in [0.5, 0.6) is 0 Å². The zero-order valence-corrected chi connectivity index (χ0v) is 13.1. The van der Waals surface area contributed by atoms with E-state index in [9.17, 15) is 17.6 Å². The molecule has 1 N–H and O–H groups in total. The van der Waals surface area contributed by atoms with Crippen molar-refractivity contribution in [2.45, 2.75) is 33.0 Å². The van der Waals surface area contributed by atoms with Crippen molar-refractivity contribution in [3.63, 3.8) is 0 Å². The van der Waals surface area contributed by atoms with E-state index in [1.807, 2.05) is 25.7 Å². The lowest BCUT2D eigenvalue weighted by Crippen LogP contribution is -2.48. The fourth-order valence-electron chi connectivity index (χ4n) is 3.22. The molecule has 1 fully saturated rings. The number of hydrogen-bond acceptors (Lipinski definition) is 2. The molecule has 1 heterocycles. The minimum atomic E-state index is -4.70. The van der Waals surface area contributed by atoms with Gasteiger partial charge in [-0.05, 0) is 17.0 Å². The maximum absolute atomic E-state index is 13.9. The molecule has 1 aromatic rings. The fourth-order valence-corrected chi connectivity index (χ4v) is 3.22. The Morgan fingerprint density at radius 1 is 1.09 bits per heavy atom. The number of halogens is 4. The summed E-state index contributed by atoms with van der Waals surface area (Å²) in [5.74, 6) is -1.20. The highest BCUT2D eigenvalue weighted by atomic mass is 19.4. The second-order valence-corrected chi connectivity index (χ2v) is 6.76. The van der Waals surface area contributed by atoms with Crippen LogP contribution in [-0.2, 0) is 6.18 Å². The van der Waals surface area contributed by atoms with Crippen LogP contribution >= 0.6 is 0 Å². The lowest BCUT2D eigenvalue weighted by Gasteiger charge is -2.43. The van der Waals surface area contributed by atoms with Gasteiger partial charge >= 0.3 is 6.18 Å². The van der Waals surface area contributed by atoms with Crippen LogP contribution < -0.4 is 5.32 Å². The number of piperazine rings is 1. The van der Waals surface area contributed by atoms with Gasteiger partial charge < -0.3 is 5.32 Å². The summed E-state index contributed by atoms with van der Waals surface area (Å²) in [5, 5.41) is 3.19. The lowest BCUT2D eigenvalue weighted by atomic mass is 9.79. The van der Waals surface area contributed by atoms with Crippen molar-refractivity contribution in [3.8, 4) is 0 Å². The summed E-state index contributed by atoms with van der Waals surface area (Å²) in [6.45, 7) is 8.43. The summed E-state index contributed by atoms with van der Waals surface area (Å²) in [6, 6.07) is 3.16. The highest BCUT2D eigenvalue weighted by molar-refractivity contribution is 5.35. The third-order valence-corrected chi connectivity index (χ3v) is 3.96. The zero-order valence-electron chi connectivity index (χ0n) is 13.1. The SMILES string of the molecule is CC(C)(C)[C@@H](c1cccc(F)c1C(F)(F)F)N1CCNCC1. The highest BCUT2D eigenvalue weighted by Gasteiger charge is 2.42. The van der Waals surface area contributed by atoms with Crippen molar-refractivity contribution < 1.29 is 17.6 Å². The summed E-state index contributed by atoms with van der Waals surface area (Å²) >= 11 is 0. The molecular weight excluding hydrogens is 296 g/mol. The molecule has 0 saturated carbocycles. The predicted octanol–water partition coefficient (Wildman–Crippen LogP) is 3.84. The van der Waals surface area contributed by atoms with Gasteiger partial charge in [0, 0.05) is 32.2 Å². The van der Waals surface area contributed by atoms with E-state index in [2.05, 4.69) is 5.32 Å². The summed E-state index contributed by atoms with van der Waals surface area (Å²) < 4.78 is 54.0. The Bertz CT molecular complexity index is 514. The molecule has 0 spiro atoms. The molecule has 0 radical (unpaired) electrons. The molecule has 0 aliphatic carbocycles. The van der Waals surface area contributed by atoms with E-state index >= 15 is 0 Å². The number of alkyl halides is 3. The quantitative estimate of drug-likeness (QED) is 0.834. The summed E-state index contributed by atoms with van der Waals surface area (Å²) in [4.78, 5) is 2.01. The first-order valence-corrected chi connectivity index (χ1v) is 7.43. The van der Waals surface area contributed by atoms with Gasteiger partial charge in [0.15, 0.2) is 0 Å².